The molecule has 2 nitrogen and oxygen atoms in total. The minimum Gasteiger partial charge on any atom is -0.387 e. The molecule has 0 aliphatic heterocycles. The maximum Gasteiger partial charge on any atom is 0.0905 e. The Balaban J connectivity index is 2.52. The molecule has 1 aliphatic carbocycles. The average Bonchev–Trinajstić information content (AvgIpc) is 2.19. The molecule has 84 valence electrons. The van der Waals surface area contributed by atoms with Crippen LogP contribution in [0.2, 0.25) is 0 Å². The van der Waals surface area contributed by atoms with Crippen LogP contribution in [0, 0.1) is 11.8 Å². The van der Waals surface area contributed by atoms with Gasteiger partial charge >= 0.3 is 0 Å². The van der Waals surface area contributed by atoms with Gasteiger partial charge in [0, 0.05) is 7.11 Å². The zero-order valence-corrected chi connectivity index (χ0v) is 9.75. The highest BCUT2D eigenvalue weighted by atomic mass is 16.5. The first kappa shape index (κ1) is 12.0. The van der Waals surface area contributed by atoms with Crippen LogP contribution in [0.25, 0.3) is 0 Å². The maximum atomic E-state index is 10.4. The molecule has 1 aliphatic rings. The van der Waals surface area contributed by atoms with Crippen LogP contribution >= 0.6 is 0 Å². The third-order valence-corrected chi connectivity index (χ3v) is 3.78. The zero-order valence-electron chi connectivity index (χ0n) is 9.75. The van der Waals surface area contributed by atoms with Crippen molar-refractivity contribution < 1.29 is 9.84 Å². The van der Waals surface area contributed by atoms with Gasteiger partial charge in [-0.05, 0) is 31.1 Å². The van der Waals surface area contributed by atoms with Crippen LogP contribution in [0.15, 0.2) is 0 Å². The van der Waals surface area contributed by atoms with Crippen molar-refractivity contribution in [3.05, 3.63) is 0 Å². The second kappa shape index (κ2) is 5.13. The van der Waals surface area contributed by atoms with Crippen molar-refractivity contribution in [2.24, 2.45) is 11.8 Å². The van der Waals surface area contributed by atoms with Crippen molar-refractivity contribution in [1.82, 2.24) is 0 Å². The summed E-state index contributed by atoms with van der Waals surface area (Å²) in [6.45, 7) is 4.84. The lowest BCUT2D eigenvalue weighted by Crippen LogP contribution is -2.43. The minimum atomic E-state index is -0.575. The van der Waals surface area contributed by atoms with E-state index in [-0.39, 0.29) is 0 Å². The fraction of sp³-hybridized carbons (Fsp3) is 1.00. The summed E-state index contributed by atoms with van der Waals surface area (Å²) in [4.78, 5) is 0. The van der Waals surface area contributed by atoms with Crippen molar-refractivity contribution in [3.8, 4) is 0 Å². The van der Waals surface area contributed by atoms with Crippen molar-refractivity contribution in [2.75, 3.05) is 13.7 Å². The predicted octanol–water partition coefficient (Wildman–Crippen LogP) is 2.60. The highest BCUT2D eigenvalue weighted by molar-refractivity contribution is 4.88. The fourth-order valence-corrected chi connectivity index (χ4v) is 2.56. The van der Waals surface area contributed by atoms with Crippen LogP contribution in [0.1, 0.15) is 46.0 Å². The molecule has 0 aromatic heterocycles. The molecule has 14 heavy (non-hydrogen) atoms. The Morgan fingerprint density at radius 3 is 2.29 bits per heavy atom. The van der Waals surface area contributed by atoms with Crippen molar-refractivity contribution in [3.63, 3.8) is 0 Å². The van der Waals surface area contributed by atoms with Gasteiger partial charge in [-0.3, -0.25) is 0 Å². The highest BCUT2D eigenvalue weighted by Crippen LogP contribution is 2.37. The van der Waals surface area contributed by atoms with Gasteiger partial charge in [0.2, 0.25) is 0 Å². The van der Waals surface area contributed by atoms with E-state index in [0.717, 1.165) is 25.2 Å². The van der Waals surface area contributed by atoms with E-state index in [2.05, 4.69) is 13.8 Å². The van der Waals surface area contributed by atoms with Gasteiger partial charge in [0.15, 0.2) is 0 Å². The van der Waals surface area contributed by atoms with Gasteiger partial charge in [-0.25, -0.2) is 0 Å². The molecule has 1 atom stereocenters. The Morgan fingerprint density at radius 1 is 1.29 bits per heavy atom. The SMILES string of the molecule is CCC(O)(COC)C1CCC(C)CC1. The van der Waals surface area contributed by atoms with E-state index < -0.39 is 5.60 Å². The molecule has 0 saturated heterocycles. The average molecular weight is 200 g/mol. The quantitative estimate of drug-likeness (QED) is 0.756. The third kappa shape index (κ3) is 2.71. The van der Waals surface area contributed by atoms with E-state index >= 15 is 0 Å². The van der Waals surface area contributed by atoms with E-state index in [1.807, 2.05) is 0 Å². The standard InChI is InChI=1S/C12H24O2/c1-4-12(13,9-14-3)11-7-5-10(2)6-8-11/h10-11,13H,4-9H2,1-3H3. The second-order valence-corrected chi connectivity index (χ2v) is 4.85. The Bertz CT molecular complexity index is 162. The number of hydrogen-bond donors (Lipinski definition) is 1. The summed E-state index contributed by atoms with van der Waals surface area (Å²) in [5.74, 6) is 1.29. The molecular formula is C12H24O2. The van der Waals surface area contributed by atoms with Gasteiger partial charge in [0.25, 0.3) is 0 Å². The molecule has 0 aromatic rings. The van der Waals surface area contributed by atoms with Gasteiger partial charge in [0.1, 0.15) is 0 Å². The van der Waals surface area contributed by atoms with Crippen LogP contribution < -0.4 is 0 Å². The molecule has 0 spiro atoms. The van der Waals surface area contributed by atoms with Crippen LogP contribution in [-0.4, -0.2) is 24.4 Å². The van der Waals surface area contributed by atoms with Gasteiger partial charge in [-0.2, -0.15) is 0 Å². The molecule has 1 saturated carbocycles. The number of rotatable bonds is 4. The first-order chi connectivity index (χ1) is 6.62. The van der Waals surface area contributed by atoms with Crippen LogP contribution in [0.5, 0.6) is 0 Å². The van der Waals surface area contributed by atoms with Gasteiger partial charge in [-0.15, -0.1) is 0 Å². The zero-order chi connectivity index (χ0) is 10.6. The molecule has 0 heterocycles. The van der Waals surface area contributed by atoms with E-state index in [4.69, 9.17) is 4.74 Å². The molecule has 1 unspecified atom stereocenters. The largest absolute Gasteiger partial charge is 0.387 e. The highest BCUT2D eigenvalue weighted by Gasteiger charge is 2.36. The van der Waals surface area contributed by atoms with Crippen molar-refractivity contribution in [1.29, 1.82) is 0 Å². The van der Waals surface area contributed by atoms with E-state index in [1.165, 1.54) is 12.8 Å². The third-order valence-electron chi connectivity index (χ3n) is 3.78. The van der Waals surface area contributed by atoms with Crippen molar-refractivity contribution in [2.45, 2.75) is 51.6 Å². The van der Waals surface area contributed by atoms with E-state index in [1.54, 1.807) is 7.11 Å². The van der Waals surface area contributed by atoms with Gasteiger partial charge in [-0.1, -0.05) is 26.7 Å². The van der Waals surface area contributed by atoms with Crippen LogP contribution in [0.4, 0.5) is 0 Å². The summed E-state index contributed by atoms with van der Waals surface area (Å²) in [5, 5.41) is 10.4. The number of ether oxygens (including phenoxy) is 1. The first-order valence-electron chi connectivity index (χ1n) is 5.83. The molecule has 0 amide bonds. The normalized spacial score (nSPS) is 32.6. The van der Waals surface area contributed by atoms with Crippen molar-refractivity contribution >= 4 is 0 Å². The number of methoxy groups -OCH3 is 1. The number of aliphatic hydroxyl groups is 1. The Morgan fingerprint density at radius 2 is 1.86 bits per heavy atom. The Hall–Kier alpha value is -0.0800. The summed E-state index contributed by atoms with van der Waals surface area (Å²) in [5.41, 5.74) is -0.575. The summed E-state index contributed by atoms with van der Waals surface area (Å²) >= 11 is 0. The second-order valence-electron chi connectivity index (χ2n) is 4.85. The van der Waals surface area contributed by atoms with Gasteiger partial charge in [0.05, 0.1) is 12.2 Å². The monoisotopic (exact) mass is 200 g/mol. The molecule has 0 aromatic carbocycles. The maximum absolute atomic E-state index is 10.4. The molecule has 0 bridgehead atoms. The van der Waals surface area contributed by atoms with E-state index in [9.17, 15) is 5.11 Å². The summed E-state index contributed by atoms with van der Waals surface area (Å²) < 4.78 is 5.13. The first-order valence-corrected chi connectivity index (χ1v) is 5.83. The lowest BCUT2D eigenvalue weighted by molar-refractivity contribution is -0.0887. The summed E-state index contributed by atoms with van der Waals surface area (Å²) in [6.07, 6.45) is 5.65. The van der Waals surface area contributed by atoms with Crippen LogP contribution in [-0.2, 0) is 4.74 Å². The van der Waals surface area contributed by atoms with E-state index in [0.29, 0.717) is 12.5 Å². The number of hydrogen-bond acceptors (Lipinski definition) is 2. The molecule has 0 radical (unpaired) electrons. The molecule has 1 rings (SSSR count). The predicted molar refractivity (Wildman–Crippen MR) is 58.2 cm³/mol. The molecular weight excluding hydrogens is 176 g/mol. The molecule has 1 N–H and O–H groups in total. The van der Waals surface area contributed by atoms with Gasteiger partial charge < -0.3 is 9.84 Å². The molecule has 2 heteroatoms. The molecule has 1 fully saturated rings. The Kier molecular flexibility index (Phi) is 4.39. The lowest BCUT2D eigenvalue weighted by Gasteiger charge is -2.38. The fourth-order valence-electron chi connectivity index (χ4n) is 2.56. The summed E-state index contributed by atoms with van der Waals surface area (Å²) in [7, 11) is 1.67. The topological polar surface area (TPSA) is 29.5 Å². The summed E-state index contributed by atoms with van der Waals surface area (Å²) in [6, 6.07) is 0. The lowest BCUT2D eigenvalue weighted by atomic mass is 9.73. The van der Waals surface area contributed by atoms with Crippen LogP contribution in [0.3, 0.4) is 0 Å². The smallest absolute Gasteiger partial charge is 0.0905 e. The Labute approximate surface area is 87.7 Å². The minimum absolute atomic E-state index is 0.448.